The van der Waals surface area contributed by atoms with Crippen LogP contribution in [0.1, 0.15) is 41.8 Å². The molecule has 2 unspecified atom stereocenters. The van der Waals surface area contributed by atoms with E-state index in [0.717, 1.165) is 30.5 Å². The maximum Gasteiger partial charge on any atom is 0.307 e. The molecule has 6 heteroatoms. The summed E-state index contributed by atoms with van der Waals surface area (Å²) in [6.45, 7) is 4.41. The van der Waals surface area contributed by atoms with Crippen molar-refractivity contribution >= 4 is 17.3 Å². The van der Waals surface area contributed by atoms with E-state index in [1.165, 1.54) is 4.88 Å². The van der Waals surface area contributed by atoms with Gasteiger partial charge in [-0.1, -0.05) is 42.5 Å². The van der Waals surface area contributed by atoms with Crippen molar-refractivity contribution in [1.29, 1.82) is 0 Å². The maximum atomic E-state index is 11.7. The summed E-state index contributed by atoms with van der Waals surface area (Å²) in [5, 5.41) is 11.7. The number of carbonyl (C=O) groups is 1. The van der Waals surface area contributed by atoms with Crippen LogP contribution in [0.25, 0.3) is 0 Å². The minimum Gasteiger partial charge on any atom is -0.490 e. The number of benzene rings is 2. The van der Waals surface area contributed by atoms with Crippen LogP contribution in [0, 0.1) is 5.92 Å². The Kier molecular flexibility index (Phi) is 7.45. The molecule has 0 amide bonds. The normalized spacial score (nSPS) is 17.6. The first-order chi connectivity index (χ1) is 15.7. The van der Waals surface area contributed by atoms with Crippen molar-refractivity contribution in [2.45, 2.75) is 32.4 Å². The highest BCUT2D eigenvalue weighted by molar-refractivity contribution is 7.10. The van der Waals surface area contributed by atoms with Crippen LogP contribution in [-0.2, 0) is 11.4 Å². The number of piperidine rings is 1. The van der Waals surface area contributed by atoms with Crippen LogP contribution in [0.2, 0.25) is 0 Å². The Morgan fingerprint density at radius 2 is 1.97 bits per heavy atom. The van der Waals surface area contributed by atoms with Crippen LogP contribution in [0.3, 0.4) is 0 Å². The van der Waals surface area contributed by atoms with E-state index in [0.29, 0.717) is 31.3 Å². The number of aliphatic carboxylic acids is 1. The number of nitrogens with zero attached hydrogens (tertiary/aromatic N) is 1. The first-order valence-corrected chi connectivity index (χ1v) is 12.0. The standard InChI is InChI=1S/C26H29NO4S/c1-2-30-23-16-20(12-13-22(23)31-18-19-8-4-3-5-9-19)25(24-11-7-15-32-24)27-14-6-10-21(17-27)26(28)29/h3-5,7-9,11-13,15-16,21,25H,2,6,10,14,17-18H2,1H3,(H,28,29). The van der Waals surface area contributed by atoms with E-state index in [2.05, 4.69) is 28.5 Å². The van der Waals surface area contributed by atoms with E-state index >= 15 is 0 Å². The summed E-state index contributed by atoms with van der Waals surface area (Å²) in [7, 11) is 0. The number of rotatable bonds is 9. The molecule has 0 radical (unpaired) electrons. The quantitative estimate of drug-likeness (QED) is 0.458. The number of carboxylic acids is 1. The Morgan fingerprint density at radius 3 is 2.69 bits per heavy atom. The lowest BCUT2D eigenvalue weighted by molar-refractivity contribution is -0.143. The summed E-state index contributed by atoms with van der Waals surface area (Å²) in [4.78, 5) is 15.2. The van der Waals surface area contributed by atoms with Gasteiger partial charge >= 0.3 is 5.97 Å². The van der Waals surface area contributed by atoms with Gasteiger partial charge in [0.25, 0.3) is 0 Å². The van der Waals surface area contributed by atoms with Crippen LogP contribution in [0.4, 0.5) is 0 Å². The molecule has 2 aromatic carbocycles. The zero-order valence-corrected chi connectivity index (χ0v) is 19.1. The molecule has 1 aliphatic heterocycles. The summed E-state index contributed by atoms with van der Waals surface area (Å²) in [6, 6.07) is 20.3. The van der Waals surface area contributed by atoms with Crippen molar-refractivity contribution in [2.24, 2.45) is 5.92 Å². The van der Waals surface area contributed by atoms with E-state index < -0.39 is 5.97 Å². The SMILES string of the molecule is CCOc1cc(C(c2cccs2)N2CCCC(C(=O)O)C2)ccc1OCc1ccccc1. The monoisotopic (exact) mass is 451 g/mol. The van der Waals surface area contributed by atoms with Crippen LogP contribution in [-0.4, -0.2) is 35.7 Å². The van der Waals surface area contributed by atoms with E-state index in [1.54, 1.807) is 11.3 Å². The second-order valence-electron chi connectivity index (χ2n) is 8.00. The molecule has 1 N–H and O–H groups in total. The Bertz CT molecular complexity index is 1010. The van der Waals surface area contributed by atoms with E-state index in [9.17, 15) is 9.90 Å². The third kappa shape index (κ3) is 5.31. The van der Waals surface area contributed by atoms with Gasteiger partial charge in [0.1, 0.15) is 6.61 Å². The summed E-state index contributed by atoms with van der Waals surface area (Å²) in [5.74, 6) is 0.395. The second kappa shape index (κ2) is 10.7. The molecule has 1 aromatic heterocycles. The van der Waals surface area contributed by atoms with Crippen LogP contribution < -0.4 is 9.47 Å². The van der Waals surface area contributed by atoms with E-state index in [4.69, 9.17) is 9.47 Å². The third-order valence-corrected chi connectivity index (χ3v) is 6.73. The fourth-order valence-electron chi connectivity index (χ4n) is 4.26. The van der Waals surface area contributed by atoms with Gasteiger partial charge in [0.15, 0.2) is 11.5 Å². The molecule has 168 valence electrons. The van der Waals surface area contributed by atoms with Crippen molar-refractivity contribution < 1.29 is 19.4 Å². The Hall–Kier alpha value is -2.83. The first kappa shape index (κ1) is 22.4. The smallest absolute Gasteiger partial charge is 0.307 e. The zero-order valence-electron chi connectivity index (χ0n) is 18.3. The predicted octanol–water partition coefficient (Wildman–Crippen LogP) is 5.61. The maximum absolute atomic E-state index is 11.7. The molecule has 3 aromatic rings. The average Bonchev–Trinajstić information content (AvgIpc) is 3.34. The molecule has 1 fully saturated rings. The number of ether oxygens (including phenoxy) is 2. The van der Waals surface area contributed by atoms with Gasteiger partial charge in [-0.15, -0.1) is 11.3 Å². The van der Waals surface area contributed by atoms with Crippen molar-refractivity contribution in [1.82, 2.24) is 4.90 Å². The van der Waals surface area contributed by atoms with Gasteiger partial charge in [0.05, 0.1) is 18.6 Å². The van der Waals surface area contributed by atoms with Crippen molar-refractivity contribution in [3.8, 4) is 11.5 Å². The fourth-order valence-corrected chi connectivity index (χ4v) is 5.15. The fraction of sp³-hybridized carbons (Fsp3) is 0.346. The minimum absolute atomic E-state index is 0.000436. The molecule has 4 rings (SSSR count). The van der Waals surface area contributed by atoms with Crippen molar-refractivity contribution in [3.05, 3.63) is 82.0 Å². The highest BCUT2D eigenvalue weighted by atomic mass is 32.1. The Balaban J connectivity index is 1.62. The Morgan fingerprint density at radius 1 is 1.12 bits per heavy atom. The molecule has 0 aliphatic carbocycles. The van der Waals surface area contributed by atoms with Crippen LogP contribution in [0.5, 0.6) is 11.5 Å². The van der Waals surface area contributed by atoms with Crippen LogP contribution in [0.15, 0.2) is 66.0 Å². The topological polar surface area (TPSA) is 59.0 Å². The number of hydrogen-bond donors (Lipinski definition) is 1. The molecule has 5 nitrogen and oxygen atoms in total. The van der Waals surface area contributed by atoms with Gasteiger partial charge in [0.2, 0.25) is 0 Å². The van der Waals surface area contributed by atoms with Crippen molar-refractivity contribution in [3.63, 3.8) is 0 Å². The summed E-state index contributed by atoms with van der Waals surface area (Å²) in [5.41, 5.74) is 2.19. The van der Waals surface area contributed by atoms with Gasteiger partial charge < -0.3 is 14.6 Å². The third-order valence-electron chi connectivity index (χ3n) is 5.80. The number of thiophene rings is 1. The highest BCUT2D eigenvalue weighted by Crippen LogP contribution is 2.39. The molecule has 0 saturated carbocycles. The summed E-state index contributed by atoms with van der Waals surface area (Å²) >= 11 is 1.70. The summed E-state index contributed by atoms with van der Waals surface area (Å²) in [6.07, 6.45) is 1.62. The van der Waals surface area contributed by atoms with Gasteiger partial charge in [0, 0.05) is 11.4 Å². The minimum atomic E-state index is -0.709. The lowest BCUT2D eigenvalue weighted by atomic mass is 9.94. The zero-order chi connectivity index (χ0) is 22.3. The van der Waals surface area contributed by atoms with Crippen molar-refractivity contribution in [2.75, 3.05) is 19.7 Å². The van der Waals surface area contributed by atoms with Gasteiger partial charge in [-0.3, -0.25) is 9.69 Å². The largest absolute Gasteiger partial charge is 0.490 e. The average molecular weight is 452 g/mol. The van der Waals surface area contributed by atoms with Crippen LogP contribution >= 0.6 is 11.3 Å². The molecule has 1 saturated heterocycles. The van der Waals surface area contributed by atoms with Gasteiger partial charge in [-0.05, 0) is 61.0 Å². The second-order valence-corrected chi connectivity index (χ2v) is 8.98. The molecule has 2 heterocycles. The molecule has 2 atom stereocenters. The molecular weight excluding hydrogens is 422 g/mol. The molecule has 0 spiro atoms. The molecular formula is C26H29NO4S. The first-order valence-electron chi connectivity index (χ1n) is 11.1. The van der Waals surface area contributed by atoms with Gasteiger partial charge in [-0.25, -0.2) is 0 Å². The number of likely N-dealkylation sites (tertiary alicyclic amines) is 1. The van der Waals surface area contributed by atoms with E-state index in [1.807, 2.05) is 49.4 Å². The highest BCUT2D eigenvalue weighted by Gasteiger charge is 2.32. The Labute approximate surface area is 193 Å². The molecule has 0 bridgehead atoms. The summed E-state index contributed by atoms with van der Waals surface area (Å²) < 4.78 is 12.0. The molecule has 32 heavy (non-hydrogen) atoms. The lowest BCUT2D eigenvalue weighted by Gasteiger charge is -2.37. The van der Waals surface area contributed by atoms with E-state index in [-0.39, 0.29) is 12.0 Å². The number of carboxylic acid groups (broad SMARTS) is 1. The molecule has 1 aliphatic rings. The predicted molar refractivity (Wildman–Crippen MR) is 126 cm³/mol. The number of hydrogen-bond acceptors (Lipinski definition) is 5. The lowest BCUT2D eigenvalue weighted by Crippen LogP contribution is -2.41. The van der Waals surface area contributed by atoms with Gasteiger partial charge in [-0.2, -0.15) is 0 Å².